The Kier molecular flexibility index (Phi) is 8.32. The summed E-state index contributed by atoms with van der Waals surface area (Å²) in [6, 6.07) is 6.88. The van der Waals surface area contributed by atoms with Crippen molar-refractivity contribution < 1.29 is 17.7 Å². The minimum absolute atomic E-state index is 0. The van der Waals surface area contributed by atoms with E-state index in [0.717, 1.165) is 0 Å². The Labute approximate surface area is 160 Å². The van der Waals surface area contributed by atoms with Crippen molar-refractivity contribution >= 4 is 28.1 Å². The van der Waals surface area contributed by atoms with E-state index in [9.17, 15) is 8.42 Å². The molecule has 0 aliphatic heterocycles. The number of hydrogen-bond acceptors (Lipinski definition) is 7. The van der Waals surface area contributed by atoms with Gasteiger partial charge in [0.2, 0.25) is 15.9 Å². The average Bonchev–Trinajstić information content (AvgIpc) is 2.94. The molecular formula is C16H25ClN4O4S. The molecule has 1 unspecified atom stereocenters. The van der Waals surface area contributed by atoms with E-state index in [1.165, 1.54) is 0 Å². The zero-order valence-electron chi connectivity index (χ0n) is 15.2. The highest BCUT2D eigenvalue weighted by Gasteiger charge is 2.18. The van der Waals surface area contributed by atoms with Gasteiger partial charge in [-0.1, -0.05) is 5.16 Å². The fourth-order valence-electron chi connectivity index (χ4n) is 2.06. The number of anilines is 1. The molecule has 1 atom stereocenters. The fourth-order valence-corrected chi connectivity index (χ4v) is 3.07. The molecule has 0 saturated heterocycles. The predicted octanol–water partition coefficient (Wildman–Crippen LogP) is 2.37. The second-order valence-electron chi connectivity index (χ2n) is 6.05. The predicted molar refractivity (Wildman–Crippen MR) is 102 cm³/mol. The Morgan fingerprint density at radius 2 is 1.85 bits per heavy atom. The van der Waals surface area contributed by atoms with Crippen molar-refractivity contribution in [2.24, 2.45) is 0 Å². The molecule has 0 radical (unpaired) electrons. The molecule has 2 aromatic rings. The first-order valence-corrected chi connectivity index (χ1v) is 9.68. The van der Waals surface area contributed by atoms with Gasteiger partial charge in [0.05, 0.1) is 6.10 Å². The maximum Gasteiger partial charge on any atom is 0.243 e. The van der Waals surface area contributed by atoms with E-state index in [4.69, 9.17) is 9.26 Å². The molecule has 2 N–H and O–H groups in total. The topological polar surface area (TPSA) is 106 Å². The molecule has 0 saturated carbocycles. The molecule has 0 aliphatic rings. The Hall–Kier alpha value is -1.84. The summed E-state index contributed by atoms with van der Waals surface area (Å²) < 4.78 is 37.5. The van der Waals surface area contributed by atoms with Crippen LogP contribution in [0.2, 0.25) is 0 Å². The molecule has 0 spiro atoms. The molecule has 26 heavy (non-hydrogen) atoms. The first-order valence-electron chi connectivity index (χ1n) is 8.03. The van der Waals surface area contributed by atoms with Gasteiger partial charge in [-0.25, -0.2) is 8.42 Å². The van der Waals surface area contributed by atoms with Gasteiger partial charge in [0, 0.05) is 18.2 Å². The molecule has 10 heteroatoms. The van der Waals surface area contributed by atoms with Crippen molar-refractivity contribution in [2.75, 3.05) is 11.8 Å². The average molecular weight is 405 g/mol. The quantitative estimate of drug-likeness (QED) is 0.660. The normalized spacial score (nSPS) is 12.5. The summed E-state index contributed by atoms with van der Waals surface area (Å²) in [6.45, 7) is 5.82. The van der Waals surface area contributed by atoms with Crippen molar-refractivity contribution in [3.8, 4) is 5.75 Å². The summed E-state index contributed by atoms with van der Waals surface area (Å²) in [5.41, 5.74) is 0.444. The largest absolute Gasteiger partial charge is 0.491 e. The standard InChI is InChI=1S/C16H24N4O4S.ClH/c1-11(2)23-14-7-5-13(6-8-14)20-25(21,22)10-16-18-15(19-24-16)9-12(3)17-4;/h5-8,11-12,17,20H,9-10H2,1-4H3;1H. The van der Waals surface area contributed by atoms with Crippen molar-refractivity contribution in [3.05, 3.63) is 36.0 Å². The first-order chi connectivity index (χ1) is 11.8. The molecule has 2 rings (SSSR count). The number of nitrogens with zero attached hydrogens (tertiary/aromatic N) is 2. The van der Waals surface area contributed by atoms with Crippen LogP contribution in [0.1, 0.15) is 32.5 Å². The number of nitrogens with one attached hydrogen (secondary N) is 2. The summed E-state index contributed by atoms with van der Waals surface area (Å²) in [5.74, 6) is 0.837. The number of hydrogen-bond donors (Lipinski definition) is 2. The summed E-state index contributed by atoms with van der Waals surface area (Å²) in [5, 5.41) is 6.86. The van der Waals surface area contributed by atoms with Crippen LogP contribution in [0, 0.1) is 0 Å². The number of ether oxygens (including phenoxy) is 1. The van der Waals surface area contributed by atoms with E-state index >= 15 is 0 Å². The van der Waals surface area contributed by atoms with E-state index in [1.54, 1.807) is 24.3 Å². The van der Waals surface area contributed by atoms with E-state index in [0.29, 0.717) is 23.7 Å². The van der Waals surface area contributed by atoms with E-state index in [-0.39, 0.29) is 36.2 Å². The maximum atomic E-state index is 12.2. The summed E-state index contributed by atoms with van der Waals surface area (Å²) in [6.07, 6.45) is 0.616. The molecule has 0 bridgehead atoms. The SMILES string of the molecule is CNC(C)Cc1noc(CS(=O)(=O)Nc2ccc(OC(C)C)cc2)n1.Cl. The Balaban J connectivity index is 0.00000338. The fraction of sp³-hybridized carbons (Fsp3) is 0.500. The van der Waals surface area contributed by atoms with Crippen LogP contribution in [0.4, 0.5) is 5.69 Å². The second-order valence-corrected chi connectivity index (χ2v) is 7.77. The van der Waals surface area contributed by atoms with Crippen LogP contribution in [0.25, 0.3) is 0 Å². The van der Waals surface area contributed by atoms with Crippen molar-refractivity contribution in [3.63, 3.8) is 0 Å². The third kappa shape index (κ3) is 7.19. The number of likely N-dealkylation sites (N-methyl/N-ethyl adjacent to an activating group) is 1. The summed E-state index contributed by atoms with van der Waals surface area (Å²) >= 11 is 0. The lowest BCUT2D eigenvalue weighted by Crippen LogP contribution is -2.24. The zero-order chi connectivity index (χ0) is 18.4. The molecular weight excluding hydrogens is 380 g/mol. The Morgan fingerprint density at radius 3 is 2.42 bits per heavy atom. The lowest BCUT2D eigenvalue weighted by atomic mass is 10.2. The number of benzene rings is 1. The van der Waals surface area contributed by atoms with Crippen LogP contribution < -0.4 is 14.8 Å². The lowest BCUT2D eigenvalue weighted by Gasteiger charge is -2.11. The van der Waals surface area contributed by atoms with Crippen LogP contribution in [0.5, 0.6) is 5.75 Å². The van der Waals surface area contributed by atoms with Gasteiger partial charge in [0.1, 0.15) is 11.5 Å². The highest BCUT2D eigenvalue weighted by molar-refractivity contribution is 7.91. The molecule has 1 aromatic carbocycles. The minimum atomic E-state index is -3.65. The van der Waals surface area contributed by atoms with E-state index < -0.39 is 10.0 Å². The third-order valence-electron chi connectivity index (χ3n) is 3.30. The van der Waals surface area contributed by atoms with Gasteiger partial charge in [-0.15, -0.1) is 12.4 Å². The van der Waals surface area contributed by atoms with Crippen LogP contribution >= 0.6 is 12.4 Å². The van der Waals surface area contributed by atoms with Gasteiger partial charge in [0.15, 0.2) is 5.82 Å². The van der Waals surface area contributed by atoms with E-state index in [2.05, 4.69) is 20.2 Å². The van der Waals surface area contributed by atoms with Crippen LogP contribution in [-0.2, 0) is 22.2 Å². The zero-order valence-corrected chi connectivity index (χ0v) is 16.9. The highest BCUT2D eigenvalue weighted by Crippen LogP contribution is 2.18. The van der Waals surface area contributed by atoms with Gasteiger partial charge in [-0.2, -0.15) is 4.98 Å². The second kappa shape index (κ2) is 9.75. The highest BCUT2D eigenvalue weighted by atomic mass is 35.5. The molecule has 8 nitrogen and oxygen atoms in total. The van der Waals surface area contributed by atoms with Gasteiger partial charge in [-0.05, 0) is 52.1 Å². The summed E-state index contributed by atoms with van der Waals surface area (Å²) in [4.78, 5) is 4.11. The third-order valence-corrected chi connectivity index (χ3v) is 4.48. The smallest absolute Gasteiger partial charge is 0.243 e. The van der Waals surface area contributed by atoms with Crippen LogP contribution in [-0.4, -0.2) is 37.8 Å². The molecule has 1 aromatic heterocycles. The monoisotopic (exact) mass is 404 g/mol. The van der Waals surface area contributed by atoms with E-state index in [1.807, 2.05) is 27.8 Å². The van der Waals surface area contributed by atoms with Crippen molar-refractivity contribution in [2.45, 2.75) is 45.1 Å². The maximum absolute atomic E-state index is 12.2. The van der Waals surface area contributed by atoms with Crippen molar-refractivity contribution in [1.82, 2.24) is 15.5 Å². The number of sulfonamides is 1. The van der Waals surface area contributed by atoms with Gasteiger partial charge in [-0.3, -0.25) is 4.72 Å². The molecule has 1 heterocycles. The first kappa shape index (κ1) is 22.2. The number of aromatic nitrogens is 2. The number of halogens is 1. The van der Waals surface area contributed by atoms with Crippen molar-refractivity contribution in [1.29, 1.82) is 0 Å². The Bertz CT molecular complexity index is 778. The van der Waals surface area contributed by atoms with Crippen LogP contribution in [0.15, 0.2) is 28.8 Å². The molecule has 0 aliphatic carbocycles. The summed E-state index contributed by atoms with van der Waals surface area (Å²) in [7, 11) is -1.82. The Morgan fingerprint density at radius 1 is 1.19 bits per heavy atom. The van der Waals surface area contributed by atoms with Gasteiger partial charge < -0.3 is 14.6 Å². The van der Waals surface area contributed by atoms with Crippen LogP contribution in [0.3, 0.4) is 0 Å². The minimum Gasteiger partial charge on any atom is -0.491 e. The lowest BCUT2D eigenvalue weighted by molar-refractivity contribution is 0.242. The molecule has 0 fully saturated rings. The number of rotatable bonds is 9. The molecule has 0 amide bonds. The molecule has 146 valence electrons. The van der Waals surface area contributed by atoms with Gasteiger partial charge >= 0.3 is 0 Å². The van der Waals surface area contributed by atoms with Gasteiger partial charge in [0.25, 0.3) is 0 Å².